The van der Waals surface area contributed by atoms with E-state index in [-0.39, 0.29) is 37.6 Å². The van der Waals surface area contributed by atoms with Crippen LogP contribution in [0.4, 0.5) is 10.5 Å². The number of anilines is 1. The highest BCUT2D eigenvalue weighted by molar-refractivity contribution is 6.35. The van der Waals surface area contributed by atoms with Crippen LogP contribution in [0, 0.1) is 12.8 Å². The van der Waals surface area contributed by atoms with E-state index < -0.39 is 11.7 Å². The lowest BCUT2D eigenvalue weighted by Crippen LogP contribution is -2.47. The molecule has 2 aliphatic heterocycles. The molecule has 14 heteroatoms. The monoisotopic (exact) mass is 755 g/mol. The van der Waals surface area contributed by atoms with E-state index in [9.17, 15) is 19.5 Å². The number of nitrogens with zero attached hydrogens (tertiary/aromatic N) is 5. The maximum atomic E-state index is 13.3. The fraction of sp³-hybridized carbons (Fsp3) is 0.400. The summed E-state index contributed by atoms with van der Waals surface area (Å²) in [4.78, 5) is 55.9. The zero-order valence-electron chi connectivity index (χ0n) is 31.2. The molecule has 13 nitrogen and oxygen atoms in total. The maximum Gasteiger partial charge on any atom is 0.410 e. The van der Waals surface area contributed by atoms with Gasteiger partial charge in [-0.2, -0.15) is 0 Å². The zero-order chi connectivity index (χ0) is 38.6. The summed E-state index contributed by atoms with van der Waals surface area (Å²) >= 11 is 7.05. The largest absolute Gasteiger partial charge is 0.481 e. The lowest BCUT2D eigenvalue weighted by Gasteiger charge is -2.38. The molecule has 0 radical (unpaired) electrons. The summed E-state index contributed by atoms with van der Waals surface area (Å²) in [5, 5.41) is 15.5. The summed E-state index contributed by atoms with van der Waals surface area (Å²) in [5.74, 6) is 0.262. The number of carbonyl (C=O) groups is 3. The molecule has 1 aromatic carbocycles. The van der Waals surface area contributed by atoms with Crippen LogP contribution in [-0.4, -0.2) is 92.8 Å². The molecule has 2 fully saturated rings. The van der Waals surface area contributed by atoms with Crippen LogP contribution in [0.15, 0.2) is 60.9 Å². The van der Waals surface area contributed by atoms with Crippen LogP contribution in [0.3, 0.4) is 0 Å². The molecule has 0 spiro atoms. The molecule has 2 aliphatic rings. The lowest BCUT2D eigenvalue weighted by atomic mass is 10.0. The second-order valence-electron chi connectivity index (χ2n) is 14.8. The van der Waals surface area contributed by atoms with Crippen molar-refractivity contribution in [1.82, 2.24) is 30.1 Å². The van der Waals surface area contributed by atoms with Gasteiger partial charge in [0.15, 0.2) is 0 Å². The number of rotatable bonds is 12. The molecule has 4 aromatic rings. The number of carbonyl (C=O) groups excluding carboxylic acids is 3. The highest BCUT2D eigenvalue weighted by atomic mass is 35.5. The van der Waals surface area contributed by atoms with Gasteiger partial charge < -0.3 is 30.1 Å². The van der Waals surface area contributed by atoms with Gasteiger partial charge in [-0.3, -0.25) is 24.5 Å². The zero-order valence-corrected chi connectivity index (χ0v) is 31.9. The van der Waals surface area contributed by atoms with Gasteiger partial charge in [0, 0.05) is 85.9 Å². The molecule has 3 amide bonds. The van der Waals surface area contributed by atoms with Crippen LogP contribution in [0.25, 0.3) is 22.5 Å². The fourth-order valence-electron chi connectivity index (χ4n) is 6.61. The van der Waals surface area contributed by atoms with E-state index in [0.717, 1.165) is 36.3 Å². The predicted octanol–water partition coefficient (Wildman–Crippen LogP) is 5.87. The van der Waals surface area contributed by atoms with Crippen LogP contribution in [0.1, 0.15) is 60.8 Å². The Bertz CT molecular complexity index is 2010. The molecule has 5 heterocycles. The minimum absolute atomic E-state index is 0.0386. The Hall–Kier alpha value is -5.11. The Morgan fingerprint density at radius 1 is 1.09 bits per heavy atom. The van der Waals surface area contributed by atoms with Gasteiger partial charge in [0.2, 0.25) is 11.8 Å². The van der Waals surface area contributed by atoms with Gasteiger partial charge in [-0.05, 0) is 75.6 Å². The molecule has 0 aliphatic carbocycles. The topological polar surface area (TPSA) is 159 Å². The number of hydrogen-bond donors (Lipinski definition) is 3. The summed E-state index contributed by atoms with van der Waals surface area (Å²) in [6, 6.07) is 14.4. The van der Waals surface area contributed by atoms with E-state index in [1.54, 1.807) is 50.2 Å². The molecule has 3 N–H and O–H groups in total. The van der Waals surface area contributed by atoms with Crippen molar-refractivity contribution in [3.8, 4) is 28.4 Å². The average molecular weight is 756 g/mol. The normalized spacial score (nSPS) is 16.1. The number of amides is 3. The average Bonchev–Trinajstić information content (AvgIpc) is 3.54. The lowest BCUT2D eigenvalue weighted by molar-refractivity contribution is -0.119. The van der Waals surface area contributed by atoms with Crippen molar-refractivity contribution < 1.29 is 29.0 Å². The number of methoxy groups -OCH3 is 1. The molecule has 1 atom stereocenters. The summed E-state index contributed by atoms with van der Waals surface area (Å²) in [6.45, 7) is 10.4. The van der Waals surface area contributed by atoms with Crippen molar-refractivity contribution in [2.45, 2.75) is 65.3 Å². The number of hydrogen-bond acceptors (Lipinski definition) is 10. The second-order valence-corrected chi connectivity index (χ2v) is 15.2. The number of benzene rings is 1. The van der Waals surface area contributed by atoms with Gasteiger partial charge >= 0.3 is 6.09 Å². The Morgan fingerprint density at radius 2 is 1.89 bits per heavy atom. The van der Waals surface area contributed by atoms with Crippen molar-refractivity contribution in [3.63, 3.8) is 0 Å². The van der Waals surface area contributed by atoms with Gasteiger partial charge in [0.05, 0.1) is 30.1 Å². The number of aliphatic hydroxyl groups excluding tert-OH is 1. The van der Waals surface area contributed by atoms with Crippen molar-refractivity contribution in [1.29, 1.82) is 0 Å². The number of ether oxygens (including phenoxy) is 2. The summed E-state index contributed by atoms with van der Waals surface area (Å²) in [5.41, 5.74) is 5.01. The van der Waals surface area contributed by atoms with Crippen LogP contribution in [0.5, 0.6) is 5.88 Å². The molecule has 54 heavy (non-hydrogen) atoms. The number of halogens is 1. The van der Waals surface area contributed by atoms with Crippen LogP contribution >= 0.6 is 11.6 Å². The molecule has 6 rings (SSSR count). The van der Waals surface area contributed by atoms with E-state index in [4.69, 9.17) is 26.1 Å². The SMILES string of the molecule is COc1nc(-c2ccnc(-c3cccc(NC(=O)c4ccc(CN5CC(CO)C5)cn4)c3C)c2Cl)ccc1CN(C[C@@H]1CCC(=O)N1)C(=O)OC(C)(C)C. The summed E-state index contributed by atoms with van der Waals surface area (Å²) in [7, 11) is 1.51. The minimum atomic E-state index is -0.705. The molecule has 0 bridgehead atoms. The van der Waals surface area contributed by atoms with Gasteiger partial charge in [-0.25, -0.2) is 9.78 Å². The smallest absolute Gasteiger partial charge is 0.410 e. The van der Waals surface area contributed by atoms with E-state index in [1.807, 2.05) is 43.3 Å². The molecule has 0 unspecified atom stereocenters. The van der Waals surface area contributed by atoms with Crippen molar-refractivity contribution in [3.05, 3.63) is 88.3 Å². The fourth-order valence-corrected chi connectivity index (χ4v) is 6.92. The van der Waals surface area contributed by atoms with Crippen LogP contribution in [-0.2, 0) is 22.6 Å². The van der Waals surface area contributed by atoms with Crippen LogP contribution < -0.4 is 15.4 Å². The summed E-state index contributed by atoms with van der Waals surface area (Å²) < 4.78 is 11.4. The van der Waals surface area contributed by atoms with Gasteiger partial charge in [-0.15, -0.1) is 0 Å². The van der Waals surface area contributed by atoms with Crippen molar-refractivity contribution >= 4 is 35.2 Å². The number of likely N-dealkylation sites (tertiary alicyclic amines) is 1. The Balaban J connectivity index is 1.19. The first-order valence-corrected chi connectivity index (χ1v) is 18.3. The van der Waals surface area contributed by atoms with Crippen molar-refractivity contribution in [2.24, 2.45) is 5.92 Å². The molecular weight excluding hydrogens is 710 g/mol. The molecular formula is C40H46ClN7O6. The quantitative estimate of drug-likeness (QED) is 0.160. The second kappa shape index (κ2) is 16.5. The number of aliphatic hydroxyl groups is 1. The Labute approximate surface area is 320 Å². The van der Waals surface area contributed by atoms with E-state index in [1.165, 1.54) is 7.11 Å². The first kappa shape index (κ1) is 38.6. The van der Waals surface area contributed by atoms with Gasteiger partial charge in [0.25, 0.3) is 5.91 Å². The molecule has 0 saturated carbocycles. The summed E-state index contributed by atoms with van der Waals surface area (Å²) in [6.07, 6.45) is 3.90. The minimum Gasteiger partial charge on any atom is -0.481 e. The van der Waals surface area contributed by atoms with E-state index >= 15 is 0 Å². The van der Waals surface area contributed by atoms with Gasteiger partial charge in [0.1, 0.15) is 11.3 Å². The highest BCUT2D eigenvalue weighted by Crippen LogP contribution is 2.38. The molecule has 3 aromatic heterocycles. The third kappa shape index (κ3) is 9.15. The van der Waals surface area contributed by atoms with Crippen LogP contribution in [0.2, 0.25) is 5.02 Å². The van der Waals surface area contributed by atoms with Crippen molar-refractivity contribution in [2.75, 3.05) is 38.7 Å². The molecule has 2 saturated heterocycles. The third-order valence-corrected chi connectivity index (χ3v) is 9.81. The third-order valence-electron chi connectivity index (χ3n) is 9.43. The Morgan fingerprint density at radius 3 is 2.56 bits per heavy atom. The van der Waals surface area contributed by atoms with E-state index in [0.29, 0.717) is 63.6 Å². The number of nitrogens with one attached hydrogen (secondary N) is 2. The number of pyridine rings is 3. The maximum absolute atomic E-state index is 13.3. The van der Waals surface area contributed by atoms with Gasteiger partial charge in [-0.1, -0.05) is 29.8 Å². The van der Waals surface area contributed by atoms with E-state index in [2.05, 4.69) is 25.5 Å². The first-order valence-electron chi connectivity index (χ1n) is 18.0. The number of aromatic nitrogens is 3. The first-order chi connectivity index (χ1) is 25.8. The predicted molar refractivity (Wildman–Crippen MR) is 205 cm³/mol. The Kier molecular flexibility index (Phi) is 11.8. The highest BCUT2D eigenvalue weighted by Gasteiger charge is 2.30. The standard InChI is InChI=1S/C40H46ClN7O6/c1-24-29(7-6-8-31(24)45-37(51)33-12-9-25(17-43-33)18-47-19-26(20-47)23-49)36-35(41)30(15-16-42-36)32-13-10-27(38(46-32)53-5)21-48(39(52)54-40(2,3)4)22-28-11-14-34(50)44-28/h6-10,12-13,15-17,26,28,49H,11,14,18-23H2,1-5H3,(H,44,50)(H,45,51)/t28-/m0/s1. The molecule has 284 valence electrons.